The van der Waals surface area contributed by atoms with Gasteiger partial charge in [0.1, 0.15) is 11.9 Å². The summed E-state index contributed by atoms with van der Waals surface area (Å²) in [4.78, 5) is 0. The van der Waals surface area contributed by atoms with E-state index < -0.39 is 12.7 Å². The van der Waals surface area contributed by atoms with Gasteiger partial charge in [-0.2, -0.15) is 13.2 Å². The maximum Gasteiger partial charge on any atom is 0.401 e. The highest BCUT2D eigenvalue weighted by atomic mass is 19.4. The number of hydrogen-bond acceptors (Lipinski definition) is 2. The first-order valence-corrected chi connectivity index (χ1v) is 6.73. The Bertz CT molecular complexity index is 430. The number of ether oxygens (including phenoxy) is 1. The molecule has 0 heterocycles. The molecule has 0 aromatic heterocycles. The molecule has 2 nitrogen and oxygen atoms in total. The molecular weight excluding hydrogens is 267 g/mol. The first-order chi connectivity index (χ1) is 9.19. The van der Waals surface area contributed by atoms with E-state index in [0.29, 0.717) is 5.92 Å². The Hall–Kier alpha value is -1.23. The first kappa shape index (κ1) is 16.8. The molecule has 114 valence electrons. The molecule has 1 rings (SSSR count). The Balaban J connectivity index is 2.57. The van der Waals surface area contributed by atoms with Gasteiger partial charge in [0.25, 0.3) is 0 Å². The summed E-state index contributed by atoms with van der Waals surface area (Å²) in [5.41, 5.74) is 2.14. The first-order valence-electron chi connectivity index (χ1n) is 6.73. The van der Waals surface area contributed by atoms with Crippen LogP contribution < -0.4 is 10.1 Å². The summed E-state index contributed by atoms with van der Waals surface area (Å²) >= 11 is 0. The molecule has 1 unspecified atom stereocenters. The van der Waals surface area contributed by atoms with Crippen molar-refractivity contribution < 1.29 is 17.9 Å². The van der Waals surface area contributed by atoms with Crippen LogP contribution in [0.25, 0.3) is 0 Å². The topological polar surface area (TPSA) is 21.3 Å². The Morgan fingerprint density at radius 1 is 1.20 bits per heavy atom. The second kappa shape index (κ2) is 6.97. The van der Waals surface area contributed by atoms with E-state index in [9.17, 15) is 13.2 Å². The number of halogens is 3. The van der Waals surface area contributed by atoms with Gasteiger partial charge >= 0.3 is 6.18 Å². The lowest BCUT2D eigenvalue weighted by molar-refractivity contribution is -0.125. The van der Waals surface area contributed by atoms with Gasteiger partial charge in [-0.3, -0.25) is 0 Å². The Kier molecular flexibility index (Phi) is 5.87. The minimum absolute atomic E-state index is 0.158. The van der Waals surface area contributed by atoms with E-state index in [4.69, 9.17) is 4.74 Å². The van der Waals surface area contributed by atoms with Crippen LogP contribution in [0.5, 0.6) is 5.75 Å². The van der Waals surface area contributed by atoms with Gasteiger partial charge in [0.05, 0.1) is 6.54 Å². The predicted octanol–water partition coefficient (Wildman–Crippen LogP) is 4.04. The SMILES string of the molecule is Cc1ccc(C(C)C)cc1OC(C)CNCC(F)(F)F. The van der Waals surface area contributed by atoms with E-state index in [1.54, 1.807) is 6.92 Å². The highest BCUT2D eigenvalue weighted by molar-refractivity contribution is 5.37. The second-order valence-corrected chi connectivity index (χ2v) is 5.35. The van der Waals surface area contributed by atoms with Gasteiger partial charge in [0, 0.05) is 6.54 Å². The smallest absolute Gasteiger partial charge is 0.401 e. The molecule has 0 saturated heterocycles. The normalized spacial score (nSPS) is 13.6. The van der Waals surface area contributed by atoms with Crippen LogP contribution >= 0.6 is 0 Å². The summed E-state index contributed by atoms with van der Waals surface area (Å²) in [5, 5.41) is 2.35. The fourth-order valence-corrected chi connectivity index (χ4v) is 1.78. The summed E-state index contributed by atoms with van der Waals surface area (Å²) in [5.74, 6) is 1.12. The quantitative estimate of drug-likeness (QED) is 0.853. The molecule has 0 saturated carbocycles. The highest BCUT2D eigenvalue weighted by Gasteiger charge is 2.26. The van der Waals surface area contributed by atoms with Crippen molar-refractivity contribution >= 4 is 0 Å². The number of hydrogen-bond donors (Lipinski definition) is 1. The average molecular weight is 289 g/mol. The van der Waals surface area contributed by atoms with Crippen LogP contribution in [-0.2, 0) is 0 Å². The lowest BCUT2D eigenvalue weighted by atomic mass is 10.0. The third kappa shape index (κ3) is 5.82. The van der Waals surface area contributed by atoms with Gasteiger partial charge in [0.2, 0.25) is 0 Å². The molecule has 0 radical (unpaired) electrons. The van der Waals surface area contributed by atoms with E-state index in [1.807, 2.05) is 25.1 Å². The third-order valence-electron chi connectivity index (χ3n) is 2.96. The largest absolute Gasteiger partial charge is 0.489 e. The highest BCUT2D eigenvalue weighted by Crippen LogP contribution is 2.25. The fraction of sp³-hybridized carbons (Fsp3) is 0.600. The second-order valence-electron chi connectivity index (χ2n) is 5.35. The van der Waals surface area contributed by atoms with Crippen LogP contribution in [0.2, 0.25) is 0 Å². The summed E-state index contributed by atoms with van der Waals surface area (Å²) in [7, 11) is 0. The Morgan fingerprint density at radius 3 is 2.40 bits per heavy atom. The van der Waals surface area contributed by atoms with Crippen molar-refractivity contribution in [1.29, 1.82) is 0 Å². The molecule has 0 fully saturated rings. The number of rotatable bonds is 6. The maximum absolute atomic E-state index is 12.0. The third-order valence-corrected chi connectivity index (χ3v) is 2.96. The molecule has 0 amide bonds. The van der Waals surface area contributed by atoms with Gasteiger partial charge in [-0.15, -0.1) is 0 Å². The van der Waals surface area contributed by atoms with Crippen LogP contribution in [0, 0.1) is 6.92 Å². The van der Waals surface area contributed by atoms with Gasteiger partial charge < -0.3 is 10.1 Å². The van der Waals surface area contributed by atoms with Crippen molar-refractivity contribution in [3.05, 3.63) is 29.3 Å². The van der Waals surface area contributed by atoms with Crippen LogP contribution in [0.1, 0.15) is 37.8 Å². The van der Waals surface area contributed by atoms with Crippen LogP contribution in [0.4, 0.5) is 13.2 Å². The standard InChI is InChI=1S/C15H22F3NO/c1-10(2)13-6-5-11(3)14(7-13)20-12(4)8-19-9-15(16,17)18/h5-7,10,12,19H,8-9H2,1-4H3. The lowest BCUT2D eigenvalue weighted by Gasteiger charge is -2.19. The van der Waals surface area contributed by atoms with Gasteiger partial charge in [-0.1, -0.05) is 26.0 Å². The van der Waals surface area contributed by atoms with Gasteiger partial charge in [-0.25, -0.2) is 0 Å². The number of aryl methyl sites for hydroxylation is 1. The number of alkyl halides is 3. The minimum atomic E-state index is -4.19. The zero-order valence-electron chi connectivity index (χ0n) is 12.3. The zero-order chi connectivity index (χ0) is 15.3. The molecule has 20 heavy (non-hydrogen) atoms. The van der Waals surface area contributed by atoms with E-state index in [2.05, 4.69) is 19.2 Å². The van der Waals surface area contributed by atoms with Crippen molar-refractivity contribution in [2.75, 3.05) is 13.1 Å². The summed E-state index contributed by atoms with van der Waals surface area (Å²) in [6, 6.07) is 5.97. The Labute approximate surface area is 118 Å². The number of nitrogens with one attached hydrogen (secondary N) is 1. The monoisotopic (exact) mass is 289 g/mol. The maximum atomic E-state index is 12.0. The molecule has 0 spiro atoms. The zero-order valence-corrected chi connectivity index (χ0v) is 12.3. The molecule has 0 aliphatic rings. The van der Waals surface area contributed by atoms with Crippen LogP contribution in [-0.4, -0.2) is 25.4 Å². The predicted molar refractivity (Wildman–Crippen MR) is 74.3 cm³/mol. The van der Waals surface area contributed by atoms with E-state index in [0.717, 1.165) is 16.9 Å². The molecule has 5 heteroatoms. The van der Waals surface area contributed by atoms with Crippen molar-refractivity contribution in [2.45, 2.75) is 45.9 Å². The molecule has 1 aromatic carbocycles. The van der Waals surface area contributed by atoms with Crippen molar-refractivity contribution in [1.82, 2.24) is 5.32 Å². The van der Waals surface area contributed by atoms with E-state index in [1.165, 1.54) is 0 Å². The average Bonchev–Trinajstić information content (AvgIpc) is 2.30. The van der Waals surface area contributed by atoms with E-state index >= 15 is 0 Å². The Morgan fingerprint density at radius 2 is 1.85 bits per heavy atom. The fourth-order valence-electron chi connectivity index (χ4n) is 1.78. The molecule has 1 aromatic rings. The summed E-state index contributed by atoms with van der Waals surface area (Å²) in [6.07, 6.45) is -4.51. The summed E-state index contributed by atoms with van der Waals surface area (Å²) in [6.45, 7) is 7.02. The van der Waals surface area contributed by atoms with Crippen LogP contribution in [0.3, 0.4) is 0 Å². The minimum Gasteiger partial charge on any atom is -0.489 e. The van der Waals surface area contributed by atoms with Gasteiger partial charge in [-0.05, 0) is 37.0 Å². The molecule has 0 aliphatic carbocycles. The van der Waals surface area contributed by atoms with Crippen molar-refractivity contribution in [3.8, 4) is 5.75 Å². The molecule has 0 bridgehead atoms. The number of benzene rings is 1. The molecule has 1 N–H and O–H groups in total. The van der Waals surface area contributed by atoms with Crippen molar-refractivity contribution in [3.63, 3.8) is 0 Å². The summed E-state index contributed by atoms with van der Waals surface area (Å²) < 4.78 is 41.8. The van der Waals surface area contributed by atoms with Gasteiger partial charge in [0.15, 0.2) is 0 Å². The van der Waals surface area contributed by atoms with E-state index in [-0.39, 0.29) is 12.6 Å². The lowest BCUT2D eigenvalue weighted by Crippen LogP contribution is -2.35. The van der Waals surface area contributed by atoms with Crippen LogP contribution in [0.15, 0.2) is 18.2 Å². The molecule has 0 aliphatic heterocycles. The van der Waals surface area contributed by atoms with Crippen molar-refractivity contribution in [2.24, 2.45) is 0 Å². The molecular formula is C15H22F3NO. The molecule has 1 atom stereocenters.